The Morgan fingerprint density at radius 3 is 2.43 bits per heavy atom. The molecule has 4 nitrogen and oxygen atoms in total. The highest BCUT2D eigenvalue weighted by molar-refractivity contribution is 14.1. The number of halogens is 1. The van der Waals surface area contributed by atoms with Gasteiger partial charge in [-0.3, -0.25) is 14.5 Å². The van der Waals surface area contributed by atoms with Crippen LogP contribution in [0.2, 0.25) is 0 Å². The molecule has 0 bridgehead atoms. The maximum absolute atomic E-state index is 12.6. The largest absolute Gasteiger partial charge is 0.336 e. The molecule has 1 aliphatic heterocycles. The molecule has 0 saturated carbocycles. The molecular formula is C17H17IN2O2S. The Morgan fingerprint density at radius 1 is 1.04 bits per heavy atom. The lowest BCUT2D eigenvalue weighted by molar-refractivity contribution is 0.0624. The maximum atomic E-state index is 12.6. The zero-order chi connectivity index (χ0) is 16.2. The minimum absolute atomic E-state index is 0.0826. The maximum Gasteiger partial charge on any atom is 0.255 e. The molecule has 1 aromatic heterocycles. The van der Waals surface area contributed by atoms with Crippen LogP contribution in [-0.2, 0) is 0 Å². The number of amides is 1. The molecule has 0 unspecified atom stereocenters. The number of carbonyl (C=O) groups excluding carboxylic acids is 2. The Bertz CT molecular complexity index is 694. The van der Waals surface area contributed by atoms with Gasteiger partial charge < -0.3 is 4.90 Å². The highest BCUT2D eigenvalue weighted by Crippen LogP contribution is 2.16. The summed E-state index contributed by atoms with van der Waals surface area (Å²) < 4.78 is 0.977. The van der Waals surface area contributed by atoms with Crippen molar-refractivity contribution in [2.75, 3.05) is 32.7 Å². The van der Waals surface area contributed by atoms with E-state index in [9.17, 15) is 9.59 Å². The number of thiophene rings is 1. The number of hydrogen-bond acceptors (Lipinski definition) is 4. The van der Waals surface area contributed by atoms with Gasteiger partial charge in [0.05, 0.1) is 17.0 Å². The normalized spacial score (nSPS) is 15.6. The average molecular weight is 440 g/mol. The van der Waals surface area contributed by atoms with Crippen LogP contribution in [0.5, 0.6) is 0 Å². The first-order chi connectivity index (χ1) is 11.1. The topological polar surface area (TPSA) is 40.6 Å². The summed E-state index contributed by atoms with van der Waals surface area (Å²) in [7, 11) is 0. The van der Waals surface area contributed by atoms with E-state index in [-0.39, 0.29) is 11.7 Å². The van der Waals surface area contributed by atoms with Gasteiger partial charge in [-0.1, -0.05) is 18.2 Å². The number of nitrogens with zero attached hydrogens (tertiary/aromatic N) is 2. The van der Waals surface area contributed by atoms with E-state index >= 15 is 0 Å². The van der Waals surface area contributed by atoms with Gasteiger partial charge >= 0.3 is 0 Å². The third kappa shape index (κ3) is 3.99. The molecule has 0 spiro atoms. The van der Waals surface area contributed by atoms with Crippen LogP contribution in [0, 0.1) is 3.57 Å². The van der Waals surface area contributed by atoms with E-state index in [1.54, 1.807) is 0 Å². The Balaban J connectivity index is 1.55. The fraction of sp³-hybridized carbons (Fsp3) is 0.294. The number of benzene rings is 1. The molecule has 23 heavy (non-hydrogen) atoms. The quantitative estimate of drug-likeness (QED) is 0.543. The molecule has 1 saturated heterocycles. The number of rotatable bonds is 4. The van der Waals surface area contributed by atoms with Crippen LogP contribution in [0.15, 0.2) is 41.8 Å². The Labute approximate surface area is 153 Å². The monoisotopic (exact) mass is 440 g/mol. The van der Waals surface area contributed by atoms with Crippen molar-refractivity contribution in [1.29, 1.82) is 0 Å². The van der Waals surface area contributed by atoms with E-state index in [1.165, 1.54) is 11.3 Å². The molecule has 1 aliphatic rings. The van der Waals surface area contributed by atoms with Crippen molar-refractivity contribution >= 4 is 45.6 Å². The van der Waals surface area contributed by atoms with Crippen LogP contribution in [-0.4, -0.2) is 54.2 Å². The molecule has 1 fully saturated rings. The summed E-state index contributed by atoms with van der Waals surface area (Å²) in [5.74, 6) is 0.247. The van der Waals surface area contributed by atoms with Crippen molar-refractivity contribution in [3.8, 4) is 0 Å². The molecule has 0 aliphatic carbocycles. The molecule has 2 aromatic rings. The SMILES string of the molecule is O=C(CN1CCN(C(=O)c2ccccc2I)CC1)c1cccs1. The second-order valence-electron chi connectivity index (χ2n) is 5.45. The third-order valence-electron chi connectivity index (χ3n) is 3.93. The van der Waals surface area contributed by atoms with Crippen molar-refractivity contribution in [1.82, 2.24) is 9.80 Å². The number of ketones is 1. The molecular weight excluding hydrogens is 423 g/mol. The smallest absolute Gasteiger partial charge is 0.255 e. The molecule has 3 rings (SSSR count). The predicted octanol–water partition coefficient (Wildman–Crippen LogP) is 2.99. The van der Waals surface area contributed by atoms with Crippen molar-refractivity contribution in [3.05, 3.63) is 55.8 Å². The molecule has 0 atom stereocenters. The van der Waals surface area contributed by atoms with Gasteiger partial charge in [0.15, 0.2) is 5.78 Å². The summed E-state index contributed by atoms with van der Waals surface area (Å²) >= 11 is 3.68. The highest BCUT2D eigenvalue weighted by atomic mass is 127. The number of piperazine rings is 1. The lowest BCUT2D eigenvalue weighted by atomic mass is 10.2. The first-order valence-corrected chi connectivity index (χ1v) is 9.44. The summed E-state index contributed by atoms with van der Waals surface area (Å²) in [6, 6.07) is 11.4. The minimum atomic E-state index is 0.0826. The van der Waals surface area contributed by atoms with E-state index in [4.69, 9.17) is 0 Å². The van der Waals surface area contributed by atoms with Crippen LogP contribution in [0.25, 0.3) is 0 Å². The second-order valence-corrected chi connectivity index (χ2v) is 7.56. The van der Waals surface area contributed by atoms with Gasteiger partial charge in [-0.15, -0.1) is 11.3 Å². The van der Waals surface area contributed by atoms with Gasteiger partial charge in [0, 0.05) is 29.7 Å². The molecule has 1 aromatic carbocycles. The molecule has 1 amide bonds. The number of carbonyl (C=O) groups is 2. The zero-order valence-corrected chi connectivity index (χ0v) is 15.5. The Morgan fingerprint density at radius 2 is 1.78 bits per heavy atom. The highest BCUT2D eigenvalue weighted by Gasteiger charge is 2.24. The third-order valence-corrected chi connectivity index (χ3v) is 5.78. The van der Waals surface area contributed by atoms with Crippen LogP contribution in [0.1, 0.15) is 20.0 Å². The van der Waals surface area contributed by atoms with Crippen LogP contribution < -0.4 is 0 Å². The first kappa shape index (κ1) is 16.6. The van der Waals surface area contributed by atoms with Crippen molar-refractivity contribution in [2.24, 2.45) is 0 Å². The second kappa shape index (κ2) is 7.55. The van der Waals surface area contributed by atoms with Gasteiger partial charge in [-0.25, -0.2) is 0 Å². The van der Waals surface area contributed by atoms with Crippen molar-refractivity contribution in [3.63, 3.8) is 0 Å². The van der Waals surface area contributed by atoms with Crippen molar-refractivity contribution in [2.45, 2.75) is 0 Å². The van der Waals surface area contributed by atoms with E-state index in [0.29, 0.717) is 19.6 Å². The van der Waals surface area contributed by atoms with Crippen LogP contribution in [0.3, 0.4) is 0 Å². The predicted molar refractivity (Wildman–Crippen MR) is 100 cm³/mol. The fourth-order valence-electron chi connectivity index (χ4n) is 2.63. The summed E-state index contributed by atoms with van der Waals surface area (Å²) in [5, 5.41) is 1.92. The molecule has 0 radical (unpaired) electrons. The summed E-state index contributed by atoms with van der Waals surface area (Å²) in [5.41, 5.74) is 0.760. The van der Waals surface area contributed by atoms with E-state index in [1.807, 2.05) is 46.7 Å². The van der Waals surface area contributed by atoms with Gasteiger partial charge in [0.25, 0.3) is 5.91 Å². The summed E-state index contributed by atoms with van der Waals surface area (Å²) in [6.45, 7) is 3.26. The van der Waals surface area contributed by atoms with Crippen LogP contribution in [0.4, 0.5) is 0 Å². The van der Waals surface area contributed by atoms with E-state index in [0.717, 1.165) is 27.1 Å². The van der Waals surface area contributed by atoms with Gasteiger partial charge in [-0.2, -0.15) is 0 Å². The summed E-state index contributed by atoms with van der Waals surface area (Å²) in [6.07, 6.45) is 0. The Kier molecular flexibility index (Phi) is 5.45. The standard InChI is InChI=1S/C17H17IN2O2S/c18-14-5-2-1-4-13(14)17(22)20-9-7-19(8-10-20)12-15(21)16-6-3-11-23-16/h1-6,11H,7-10,12H2. The van der Waals surface area contributed by atoms with Crippen molar-refractivity contribution < 1.29 is 9.59 Å². The average Bonchev–Trinajstić information content (AvgIpc) is 3.10. The molecule has 2 heterocycles. The van der Waals surface area contributed by atoms with E-state index < -0.39 is 0 Å². The van der Waals surface area contributed by atoms with E-state index in [2.05, 4.69) is 27.5 Å². The lowest BCUT2D eigenvalue weighted by Crippen LogP contribution is -2.50. The van der Waals surface area contributed by atoms with Crippen LogP contribution >= 0.6 is 33.9 Å². The summed E-state index contributed by atoms with van der Waals surface area (Å²) in [4.78, 5) is 29.5. The number of hydrogen-bond donors (Lipinski definition) is 0. The fourth-order valence-corrected chi connectivity index (χ4v) is 3.91. The number of Topliss-reactive ketones (excluding diaryl/α,β-unsaturated/α-hetero) is 1. The minimum Gasteiger partial charge on any atom is -0.336 e. The molecule has 0 N–H and O–H groups in total. The first-order valence-electron chi connectivity index (χ1n) is 7.48. The molecule has 120 valence electrons. The van der Waals surface area contributed by atoms with Gasteiger partial charge in [-0.05, 0) is 46.2 Å². The Hall–Kier alpha value is -1.25. The van der Waals surface area contributed by atoms with Gasteiger partial charge in [0.2, 0.25) is 0 Å². The lowest BCUT2D eigenvalue weighted by Gasteiger charge is -2.34. The van der Waals surface area contributed by atoms with Gasteiger partial charge in [0.1, 0.15) is 0 Å². The zero-order valence-electron chi connectivity index (χ0n) is 12.6. The molecule has 6 heteroatoms.